The van der Waals surface area contributed by atoms with Crippen LogP contribution in [0.25, 0.3) is 0 Å². The summed E-state index contributed by atoms with van der Waals surface area (Å²) < 4.78 is 0. The van der Waals surface area contributed by atoms with Gasteiger partial charge < -0.3 is 10.4 Å². The van der Waals surface area contributed by atoms with Gasteiger partial charge in [-0.05, 0) is 36.8 Å². The number of aryl methyl sites for hydroxylation is 1. The topological polar surface area (TPSA) is 49.3 Å². The molecule has 0 spiro atoms. The molecular formula is C16H14ClNO2S. The van der Waals surface area contributed by atoms with E-state index >= 15 is 0 Å². The molecule has 0 radical (unpaired) electrons. The molecule has 1 aromatic carbocycles. The van der Waals surface area contributed by atoms with Gasteiger partial charge in [-0.15, -0.1) is 11.3 Å². The van der Waals surface area contributed by atoms with Crippen molar-refractivity contribution in [1.29, 1.82) is 0 Å². The molecule has 0 atom stereocenters. The number of nitrogens with one attached hydrogen (secondary N) is 1. The number of carbonyl (C=O) groups is 1. The second-order valence-corrected chi connectivity index (χ2v) is 5.83. The molecule has 0 aliphatic rings. The molecule has 21 heavy (non-hydrogen) atoms. The van der Waals surface area contributed by atoms with Crippen molar-refractivity contribution < 1.29 is 9.90 Å². The lowest BCUT2D eigenvalue weighted by Crippen LogP contribution is -2.11. The van der Waals surface area contributed by atoms with Gasteiger partial charge in [-0.25, -0.2) is 0 Å². The summed E-state index contributed by atoms with van der Waals surface area (Å²) >= 11 is 7.40. The Labute approximate surface area is 132 Å². The minimum Gasteiger partial charge on any atom is -0.384 e. The van der Waals surface area contributed by atoms with Gasteiger partial charge in [-0.3, -0.25) is 4.79 Å². The summed E-state index contributed by atoms with van der Waals surface area (Å²) in [6, 6.07) is 8.82. The lowest BCUT2D eigenvalue weighted by Gasteiger charge is -2.07. The predicted molar refractivity (Wildman–Crippen MR) is 87.1 cm³/mol. The van der Waals surface area contributed by atoms with Crippen LogP contribution in [0.3, 0.4) is 0 Å². The largest absolute Gasteiger partial charge is 0.384 e. The van der Waals surface area contributed by atoms with Crippen LogP contribution in [0.5, 0.6) is 0 Å². The highest BCUT2D eigenvalue weighted by molar-refractivity contribution is 7.14. The van der Waals surface area contributed by atoms with Crippen molar-refractivity contribution in [3.05, 3.63) is 50.7 Å². The van der Waals surface area contributed by atoms with Crippen LogP contribution >= 0.6 is 22.9 Å². The van der Waals surface area contributed by atoms with E-state index in [0.717, 1.165) is 11.3 Å². The second kappa shape index (κ2) is 7.28. The van der Waals surface area contributed by atoms with E-state index in [4.69, 9.17) is 16.7 Å². The Kier molecular flexibility index (Phi) is 5.40. The van der Waals surface area contributed by atoms with Crippen molar-refractivity contribution >= 4 is 34.5 Å². The minimum absolute atomic E-state index is 0.172. The number of rotatable bonds is 3. The molecule has 108 valence electrons. The molecule has 0 saturated carbocycles. The predicted octanol–water partition coefficient (Wildman–Crippen LogP) is 3.56. The fraction of sp³-hybridized carbons (Fsp3) is 0.188. The molecule has 0 bridgehead atoms. The summed E-state index contributed by atoms with van der Waals surface area (Å²) in [5.41, 5.74) is 1.16. The Morgan fingerprint density at radius 1 is 1.38 bits per heavy atom. The third-order valence-electron chi connectivity index (χ3n) is 2.77. The van der Waals surface area contributed by atoms with E-state index in [1.165, 1.54) is 11.3 Å². The first-order valence-corrected chi connectivity index (χ1v) is 7.62. The van der Waals surface area contributed by atoms with Crippen molar-refractivity contribution in [2.45, 2.75) is 13.3 Å². The van der Waals surface area contributed by atoms with Crippen molar-refractivity contribution in [2.24, 2.45) is 0 Å². The lowest BCUT2D eigenvalue weighted by atomic mass is 10.1. The molecule has 3 nitrogen and oxygen atoms in total. The number of halogens is 1. The lowest BCUT2D eigenvalue weighted by molar-refractivity contribution is 0.103. The van der Waals surface area contributed by atoms with Gasteiger partial charge in [0.2, 0.25) is 0 Å². The first kappa shape index (κ1) is 15.6. The third-order valence-corrected chi connectivity index (χ3v) is 4.23. The Morgan fingerprint density at radius 2 is 2.19 bits per heavy atom. The smallest absolute Gasteiger partial charge is 0.265 e. The summed E-state index contributed by atoms with van der Waals surface area (Å²) in [7, 11) is 0. The monoisotopic (exact) mass is 319 g/mol. The molecular weight excluding hydrogens is 306 g/mol. The molecule has 2 rings (SSSR count). The summed E-state index contributed by atoms with van der Waals surface area (Å²) in [5.74, 6) is 5.17. The minimum atomic E-state index is -0.245. The standard InChI is InChI=1S/C16H14ClNO2S/c1-2-13-6-8-15(21-13)16(20)18-14-7-5-12(17)10-11(14)4-3-9-19/h5-8,10,19H,2,9H2,1H3,(H,18,20). The van der Waals surface area contributed by atoms with Crippen LogP contribution in [0.4, 0.5) is 5.69 Å². The van der Waals surface area contributed by atoms with Crippen LogP contribution in [0.15, 0.2) is 30.3 Å². The number of anilines is 1. The normalized spacial score (nSPS) is 9.86. The number of thiophene rings is 1. The van der Waals surface area contributed by atoms with Gasteiger partial charge in [0.25, 0.3) is 5.91 Å². The summed E-state index contributed by atoms with van der Waals surface area (Å²) in [6.07, 6.45) is 0.909. The van der Waals surface area contributed by atoms with Crippen molar-refractivity contribution in [1.82, 2.24) is 0 Å². The molecule has 0 unspecified atom stereocenters. The number of amides is 1. The van der Waals surface area contributed by atoms with E-state index in [1.54, 1.807) is 18.2 Å². The maximum absolute atomic E-state index is 12.2. The molecule has 1 aromatic heterocycles. The molecule has 2 N–H and O–H groups in total. The third kappa shape index (κ3) is 4.08. The second-order valence-electron chi connectivity index (χ2n) is 4.22. The zero-order valence-electron chi connectivity index (χ0n) is 11.4. The van der Waals surface area contributed by atoms with E-state index in [2.05, 4.69) is 24.1 Å². The maximum atomic E-state index is 12.2. The average molecular weight is 320 g/mol. The Morgan fingerprint density at radius 3 is 2.86 bits per heavy atom. The first-order valence-electron chi connectivity index (χ1n) is 6.43. The van der Waals surface area contributed by atoms with Gasteiger partial charge in [-0.1, -0.05) is 30.4 Å². The molecule has 1 heterocycles. The maximum Gasteiger partial charge on any atom is 0.265 e. The Hall–Kier alpha value is -1.80. The molecule has 0 fully saturated rings. The van der Waals surface area contributed by atoms with Crippen LogP contribution in [0.2, 0.25) is 5.02 Å². The van der Waals surface area contributed by atoms with Crippen LogP contribution in [0, 0.1) is 11.8 Å². The van der Waals surface area contributed by atoms with E-state index < -0.39 is 0 Å². The number of hydrogen-bond donors (Lipinski definition) is 2. The van der Waals surface area contributed by atoms with E-state index in [0.29, 0.717) is 21.2 Å². The first-order chi connectivity index (χ1) is 10.1. The molecule has 1 amide bonds. The van der Waals surface area contributed by atoms with Gasteiger partial charge in [0.1, 0.15) is 6.61 Å². The summed E-state index contributed by atoms with van der Waals surface area (Å²) in [6.45, 7) is 1.81. The average Bonchev–Trinajstić information content (AvgIpc) is 2.96. The van der Waals surface area contributed by atoms with E-state index in [-0.39, 0.29) is 12.5 Å². The number of carbonyl (C=O) groups excluding carboxylic acids is 1. The molecule has 0 aliphatic carbocycles. The number of aliphatic hydroxyl groups excluding tert-OH is 1. The quantitative estimate of drug-likeness (QED) is 0.850. The van der Waals surface area contributed by atoms with Crippen molar-refractivity contribution in [3.8, 4) is 11.8 Å². The summed E-state index contributed by atoms with van der Waals surface area (Å²) in [4.78, 5) is 14.0. The van der Waals surface area contributed by atoms with Crippen LogP contribution < -0.4 is 5.32 Å². The fourth-order valence-corrected chi connectivity index (χ4v) is 2.75. The molecule has 2 aromatic rings. The number of hydrogen-bond acceptors (Lipinski definition) is 3. The van der Waals surface area contributed by atoms with Crippen LogP contribution in [0.1, 0.15) is 27.0 Å². The Balaban J connectivity index is 2.24. The number of aliphatic hydroxyl groups is 1. The van der Waals surface area contributed by atoms with Crippen molar-refractivity contribution in [3.63, 3.8) is 0 Å². The van der Waals surface area contributed by atoms with Gasteiger partial charge in [0.15, 0.2) is 0 Å². The summed E-state index contributed by atoms with van der Waals surface area (Å²) in [5, 5.41) is 12.1. The van der Waals surface area contributed by atoms with Gasteiger partial charge in [-0.2, -0.15) is 0 Å². The zero-order valence-corrected chi connectivity index (χ0v) is 13.0. The van der Waals surface area contributed by atoms with Crippen LogP contribution in [-0.4, -0.2) is 17.6 Å². The fourth-order valence-electron chi connectivity index (χ4n) is 1.74. The Bertz CT molecular complexity index is 713. The van der Waals surface area contributed by atoms with Crippen LogP contribution in [-0.2, 0) is 6.42 Å². The highest BCUT2D eigenvalue weighted by Crippen LogP contribution is 2.22. The van der Waals surface area contributed by atoms with Gasteiger partial charge >= 0.3 is 0 Å². The molecule has 5 heteroatoms. The molecule has 0 saturated heterocycles. The zero-order chi connectivity index (χ0) is 15.2. The SMILES string of the molecule is CCc1ccc(C(=O)Nc2ccc(Cl)cc2C#CCO)s1. The number of benzene rings is 1. The highest BCUT2D eigenvalue weighted by atomic mass is 35.5. The van der Waals surface area contributed by atoms with Gasteiger partial charge in [0, 0.05) is 15.5 Å². The van der Waals surface area contributed by atoms with E-state index in [9.17, 15) is 4.79 Å². The van der Waals surface area contributed by atoms with Crippen molar-refractivity contribution in [2.75, 3.05) is 11.9 Å². The van der Waals surface area contributed by atoms with Gasteiger partial charge in [0.05, 0.1) is 10.6 Å². The molecule has 0 aliphatic heterocycles. The highest BCUT2D eigenvalue weighted by Gasteiger charge is 2.11. The van der Waals surface area contributed by atoms with E-state index in [1.807, 2.05) is 12.1 Å².